The van der Waals surface area contributed by atoms with E-state index in [2.05, 4.69) is 5.32 Å². The van der Waals surface area contributed by atoms with Crippen molar-refractivity contribution in [2.24, 2.45) is 0 Å². The summed E-state index contributed by atoms with van der Waals surface area (Å²) in [5.74, 6) is -0.315. The van der Waals surface area contributed by atoms with Crippen LogP contribution in [-0.2, 0) is 26.2 Å². The number of sulfonamides is 1. The maximum absolute atomic E-state index is 14.3. The third kappa shape index (κ3) is 8.75. The average molecular weight is 640 g/mol. The van der Waals surface area contributed by atoms with Crippen LogP contribution in [0.4, 0.5) is 10.1 Å². The summed E-state index contributed by atoms with van der Waals surface area (Å²) in [6, 6.07) is 17.2. The van der Waals surface area contributed by atoms with E-state index in [4.69, 9.17) is 9.47 Å². The average Bonchev–Trinajstić information content (AvgIpc) is 3.05. The summed E-state index contributed by atoms with van der Waals surface area (Å²) < 4.78 is 53.8. The highest BCUT2D eigenvalue weighted by Gasteiger charge is 2.34. The molecule has 0 spiro atoms. The highest BCUT2D eigenvalue weighted by Crippen LogP contribution is 2.27. The first-order valence-electron chi connectivity index (χ1n) is 15.4. The number of nitrogens with one attached hydrogen (secondary N) is 1. The molecule has 1 unspecified atom stereocenters. The van der Waals surface area contributed by atoms with Crippen molar-refractivity contribution >= 4 is 27.5 Å². The molecule has 1 aliphatic carbocycles. The van der Waals surface area contributed by atoms with Crippen molar-refractivity contribution < 1.29 is 31.9 Å². The van der Waals surface area contributed by atoms with E-state index < -0.39 is 34.3 Å². The number of ether oxygens (including phenoxy) is 2. The summed E-state index contributed by atoms with van der Waals surface area (Å²) in [4.78, 5) is 29.3. The van der Waals surface area contributed by atoms with E-state index in [1.165, 1.54) is 29.2 Å². The zero-order valence-electron chi connectivity index (χ0n) is 26.1. The molecule has 0 aliphatic heterocycles. The summed E-state index contributed by atoms with van der Waals surface area (Å²) in [6.07, 6.45) is 5.27. The summed E-state index contributed by atoms with van der Waals surface area (Å²) in [7, 11) is -2.76. The Kier molecular flexibility index (Phi) is 11.8. The van der Waals surface area contributed by atoms with Crippen molar-refractivity contribution in [1.29, 1.82) is 0 Å². The van der Waals surface area contributed by atoms with Crippen LogP contribution < -0.4 is 19.1 Å². The molecule has 3 aromatic carbocycles. The van der Waals surface area contributed by atoms with Gasteiger partial charge < -0.3 is 19.7 Å². The Morgan fingerprint density at radius 2 is 1.64 bits per heavy atom. The quantitative estimate of drug-likeness (QED) is 0.243. The number of hydrogen-bond acceptors (Lipinski definition) is 6. The van der Waals surface area contributed by atoms with E-state index in [1.54, 1.807) is 37.4 Å². The van der Waals surface area contributed by atoms with Gasteiger partial charge >= 0.3 is 0 Å². The Morgan fingerprint density at radius 1 is 0.956 bits per heavy atom. The molecule has 1 fully saturated rings. The van der Waals surface area contributed by atoms with E-state index in [9.17, 15) is 22.4 Å². The first-order valence-corrected chi connectivity index (χ1v) is 16.8. The van der Waals surface area contributed by atoms with Gasteiger partial charge in [-0.15, -0.1) is 0 Å². The lowest BCUT2D eigenvalue weighted by Crippen LogP contribution is -2.54. The number of hydrogen-bond donors (Lipinski definition) is 1. The maximum atomic E-state index is 14.3. The van der Waals surface area contributed by atoms with Gasteiger partial charge in [0.1, 0.15) is 29.9 Å². The molecule has 1 atom stereocenters. The number of rotatable bonds is 14. The van der Waals surface area contributed by atoms with Gasteiger partial charge in [-0.3, -0.25) is 13.9 Å². The smallest absolute Gasteiger partial charge is 0.264 e. The number of benzene rings is 3. The lowest BCUT2D eigenvalue weighted by Gasteiger charge is -2.34. The molecule has 3 aromatic rings. The molecule has 4 rings (SSSR count). The summed E-state index contributed by atoms with van der Waals surface area (Å²) in [5.41, 5.74) is 0.828. The molecule has 242 valence electrons. The molecule has 1 N–H and O–H groups in total. The van der Waals surface area contributed by atoms with Crippen molar-refractivity contribution in [2.75, 3.05) is 24.6 Å². The van der Waals surface area contributed by atoms with E-state index in [1.807, 2.05) is 19.9 Å². The lowest BCUT2D eigenvalue weighted by atomic mass is 9.95. The molecule has 2 amide bonds. The molecule has 1 aliphatic rings. The fraction of sp³-hybridized carbons (Fsp3) is 0.412. The van der Waals surface area contributed by atoms with Crippen LogP contribution >= 0.6 is 0 Å². The predicted octanol–water partition coefficient (Wildman–Crippen LogP) is 5.68. The van der Waals surface area contributed by atoms with Crippen molar-refractivity contribution in [2.45, 2.75) is 75.9 Å². The largest absolute Gasteiger partial charge is 0.497 e. The van der Waals surface area contributed by atoms with Gasteiger partial charge in [-0.1, -0.05) is 38.3 Å². The highest BCUT2D eigenvalue weighted by atomic mass is 32.2. The second kappa shape index (κ2) is 15.7. The molecule has 11 heteroatoms. The molecule has 0 bridgehead atoms. The van der Waals surface area contributed by atoms with Crippen LogP contribution in [0.5, 0.6) is 11.5 Å². The number of anilines is 1. The van der Waals surface area contributed by atoms with Gasteiger partial charge in [0.15, 0.2) is 0 Å². The van der Waals surface area contributed by atoms with Gasteiger partial charge in [-0.2, -0.15) is 0 Å². The Hall–Kier alpha value is -4.12. The second-order valence-corrected chi connectivity index (χ2v) is 12.9. The Labute approximate surface area is 265 Å². The van der Waals surface area contributed by atoms with Gasteiger partial charge in [0, 0.05) is 12.6 Å². The van der Waals surface area contributed by atoms with E-state index in [0.29, 0.717) is 30.1 Å². The van der Waals surface area contributed by atoms with E-state index in [-0.39, 0.29) is 29.1 Å². The number of carbonyl (C=O) groups is 2. The molecular formula is C34H42FN3O6S. The minimum atomic E-state index is -4.30. The first-order chi connectivity index (χ1) is 21.7. The third-order valence-corrected chi connectivity index (χ3v) is 9.73. The molecule has 0 saturated heterocycles. The topological polar surface area (TPSA) is 105 Å². The summed E-state index contributed by atoms with van der Waals surface area (Å²) in [5, 5.41) is 3.13. The van der Waals surface area contributed by atoms with Crippen LogP contribution in [0.15, 0.2) is 77.7 Å². The number of carbonyl (C=O) groups excluding carboxylic acids is 2. The molecule has 0 aromatic heterocycles. The third-order valence-electron chi connectivity index (χ3n) is 7.94. The normalized spacial score (nSPS) is 14.3. The Balaban J connectivity index is 1.70. The predicted molar refractivity (Wildman–Crippen MR) is 171 cm³/mol. The zero-order chi connectivity index (χ0) is 32.4. The number of methoxy groups -OCH3 is 1. The van der Waals surface area contributed by atoms with Crippen LogP contribution in [0.25, 0.3) is 0 Å². The molecule has 45 heavy (non-hydrogen) atoms. The summed E-state index contributed by atoms with van der Waals surface area (Å²) in [6.45, 7) is 3.50. The van der Waals surface area contributed by atoms with Crippen molar-refractivity contribution in [1.82, 2.24) is 10.2 Å². The minimum Gasteiger partial charge on any atom is -0.497 e. The number of nitrogens with zero attached hydrogens (tertiary/aromatic N) is 2. The van der Waals surface area contributed by atoms with Crippen molar-refractivity contribution in [3.8, 4) is 11.5 Å². The molecule has 9 nitrogen and oxygen atoms in total. The van der Waals surface area contributed by atoms with Crippen LogP contribution in [0.3, 0.4) is 0 Å². The number of amides is 2. The Morgan fingerprint density at radius 3 is 2.27 bits per heavy atom. The fourth-order valence-electron chi connectivity index (χ4n) is 5.57. The molecule has 1 saturated carbocycles. The lowest BCUT2D eigenvalue weighted by molar-refractivity contribution is -0.140. The van der Waals surface area contributed by atoms with Crippen LogP contribution in [-0.4, -0.2) is 57.5 Å². The first kappa shape index (κ1) is 33.8. The Bertz CT molecular complexity index is 1530. The molecule has 0 radical (unpaired) electrons. The van der Waals surface area contributed by atoms with Crippen LogP contribution in [0.2, 0.25) is 0 Å². The van der Waals surface area contributed by atoms with E-state index >= 15 is 0 Å². The minimum absolute atomic E-state index is 0.0322. The second-order valence-electron chi connectivity index (χ2n) is 11.0. The van der Waals surface area contributed by atoms with Gasteiger partial charge in [-0.05, 0) is 92.4 Å². The SMILES string of the molecule is CCOc1ccc(S(=O)(=O)N(CC(=O)N(Cc2cccc(OC)c2)C(CC)C(=O)NC2CCCCC2)c2ccc(F)cc2)cc1. The van der Waals surface area contributed by atoms with Gasteiger partial charge in [-0.25, -0.2) is 12.8 Å². The fourth-order valence-corrected chi connectivity index (χ4v) is 6.98. The van der Waals surface area contributed by atoms with Gasteiger partial charge in [0.25, 0.3) is 10.0 Å². The monoisotopic (exact) mass is 639 g/mol. The van der Waals surface area contributed by atoms with Crippen LogP contribution in [0, 0.1) is 5.82 Å². The van der Waals surface area contributed by atoms with E-state index in [0.717, 1.165) is 48.5 Å². The van der Waals surface area contributed by atoms with Crippen LogP contribution in [0.1, 0.15) is 57.9 Å². The van der Waals surface area contributed by atoms with Gasteiger partial charge in [0.2, 0.25) is 11.8 Å². The standard InChI is InChI=1S/C34H42FN3O6S/c1-4-32(34(40)36-27-11-7-6-8-12-27)37(23-25-10-9-13-30(22-25)43-3)33(39)24-38(28-16-14-26(35)15-17-28)45(41,42)31-20-18-29(19-21-31)44-5-2/h9-10,13-22,27,32H,4-8,11-12,23-24H2,1-3H3,(H,36,40). The maximum Gasteiger partial charge on any atom is 0.264 e. The summed E-state index contributed by atoms with van der Waals surface area (Å²) >= 11 is 0. The van der Waals surface area contributed by atoms with Crippen molar-refractivity contribution in [3.63, 3.8) is 0 Å². The van der Waals surface area contributed by atoms with Crippen molar-refractivity contribution in [3.05, 3.63) is 84.2 Å². The zero-order valence-corrected chi connectivity index (χ0v) is 26.9. The number of halogens is 1. The molecule has 0 heterocycles. The highest BCUT2D eigenvalue weighted by molar-refractivity contribution is 7.92. The molecular weight excluding hydrogens is 597 g/mol. The van der Waals surface area contributed by atoms with Gasteiger partial charge in [0.05, 0.1) is 24.3 Å².